The van der Waals surface area contributed by atoms with E-state index in [-0.39, 0.29) is 0 Å². The normalized spacial score (nSPS) is 10.8. The molecule has 1 aromatic carbocycles. The summed E-state index contributed by atoms with van der Waals surface area (Å²) in [5, 5.41) is 11.6. The lowest BCUT2D eigenvalue weighted by Crippen LogP contribution is -2.52. The third-order valence-corrected chi connectivity index (χ3v) is 2.69. The van der Waals surface area contributed by atoms with Gasteiger partial charge in [-0.1, -0.05) is 18.2 Å². The van der Waals surface area contributed by atoms with Crippen LogP contribution in [0.15, 0.2) is 30.3 Å². The first-order valence-corrected chi connectivity index (χ1v) is 5.19. The number of hydrogen-bond donors (Lipinski definition) is 2. The van der Waals surface area contributed by atoms with E-state index in [1.807, 2.05) is 6.07 Å². The molecule has 0 saturated carbocycles. The second-order valence-corrected chi connectivity index (χ2v) is 4.22. The number of nitrogens with zero attached hydrogens (tertiary/aromatic N) is 1. The average Bonchev–Trinajstić information content (AvgIpc) is 2.29. The van der Waals surface area contributed by atoms with Crippen LogP contribution in [0.3, 0.4) is 0 Å². The van der Waals surface area contributed by atoms with Crippen LogP contribution < -0.4 is 5.32 Å². The highest BCUT2D eigenvalue weighted by Crippen LogP contribution is 2.14. The molecule has 0 aliphatic rings. The highest BCUT2D eigenvalue weighted by molar-refractivity contribution is 5.93. The molecule has 0 bridgehead atoms. The van der Waals surface area contributed by atoms with Crippen molar-refractivity contribution in [2.75, 3.05) is 12.4 Å². The lowest BCUT2D eigenvalue weighted by Gasteiger charge is -2.31. The molecule has 0 radical (unpaired) electrons. The Bertz CT molecular complexity index is 415. The van der Waals surface area contributed by atoms with Gasteiger partial charge in [0, 0.05) is 12.7 Å². The Hall–Kier alpha value is -2.04. The fourth-order valence-electron chi connectivity index (χ4n) is 1.13. The number of anilines is 1. The van der Waals surface area contributed by atoms with Gasteiger partial charge < -0.3 is 15.3 Å². The summed E-state index contributed by atoms with van der Waals surface area (Å²) in [5.41, 5.74) is -0.621. The maximum absolute atomic E-state index is 11.8. The van der Waals surface area contributed by atoms with Gasteiger partial charge >= 0.3 is 12.0 Å². The van der Waals surface area contributed by atoms with Gasteiger partial charge in [0.2, 0.25) is 0 Å². The number of rotatable bonds is 3. The minimum Gasteiger partial charge on any atom is -0.480 e. The lowest BCUT2D eigenvalue weighted by molar-refractivity contribution is -0.146. The van der Waals surface area contributed by atoms with Gasteiger partial charge in [-0.3, -0.25) is 0 Å². The van der Waals surface area contributed by atoms with Gasteiger partial charge in [0.15, 0.2) is 0 Å². The molecule has 0 aliphatic carbocycles. The molecule has 92 valence electrons. The Labute approximate surface area is 100 Å². The van der Waals surface area contributed by atoms with Crippen molar-refractivity contribution in [2.24, 2.45) is 0 Å². The molecule has 0 fully saturated rings. The third-order valence-electron chi connectivity index (χ3n) is 2.69. The van der Waals surface area contributed by atoms with Crippen LogP contribution in [-0.2, 0) is 4.79 Å². The molecule has 2 N–H and O–H groups in total. The van der Waals surface area contributed by atoms with Crippen molar-refractivity contribution in [2.45, 2.75) is 19.4 Å². The maximum Gasteiger partial charge on any atom is 0.329 e. The number of para-hydroxylation sites is 1. The van der Waals surface area contributed by atoms with Crippen LogP contribution in [-0.4, -0.2) is 34.6 Å². The van der Waals surface area contributed by atoms with E-state index in [9.17, 15) is 9.59 Å². The zero-order valence-corrected chi connectivity index (χ0v) is 10.1. The Balaban J connectivity index is 2.75. The van der Waals surface area contributed by atoms with Gasteiger partial charge in [-0.15, -0.1) is 0 Å². The van der Waals surface area contributed by atoms with E-state index in [1.165, 1.54) is 20.9 Å². The summed E-state index contributed by atoms with van der Waals surface area (Å²) in [5.74, 6) is -1.05. The van der Waals surface area contributed by atoms with E-state index in [4.69, 9.17) is 5.11 Å². The van der Waals surface area contributed by atoms with Crippen molar-refractivity contribution < 1.29 is 14.7 Å². The van der Waals surface area contributed by atoms with Gasteiger partial charge in [-0.05, 0) is 26.0 Å². The van der Waals surface area contributed by atoms with Gasteiger partial charge in [-0.2, -0.15) is 0 Å². The molecule has 0 heterocycles. The van der Waals surface area contributed by atoms with Crippen molar-refractivity contribution in [3.05, 3.63) is 30.3 Å². The molecule has 0 saturated heterocycles. The zero-order chi connectivity index (χ0) is 13.1. The summed E-state index contributed by atoms with van der Waals surface area (Å²) >= 11 is 0. The number of urea groups is 1. The number of aliphatic carboxylic acids is 1. The molecule has 5 nitrogen and oxygen atoms in total. The second kappa shape index (κ2) is 4.86. The molecule has 2 amide bonds. The van der Waals surface area contributed by atoms with Crippen molar-refractivity contribution >= 4 is 17.7 Å². The molecule has 0 aliphatic heterocycles. The van der Waals surface area contributed by atoms with Crippen LogP contribution >= 0.6 is 0 Å². The molecular formula is C12H16N2O3. The smallest absolute Gasteiger partial charge is 0.329 e. The fourth-order valence-corrected chi connectivity index (χ4v) is 1.13. The summed E-state index contributed by atoms with van der Waals surface area (Å²) in [7, 11) is 1.45. The zero-order valence-electron chi connectivity index (χ0n) is 10.1. The number of carbonyl (C=O) groups excluding carboxylic acids is 1. The molecule has 0 unspecified atom stereocenters. The van der Waals surface area contributed by atoms with Gasteiger partial charge in [0.25, 0.3) is 0 Å². The number of likely N-dealkylation sites (N-methyl/N-ethyl adjacent to an activating group) is 1. The van der Waals surface area contributed by atoms with E-state index >= 15 is 0 Å². The molecule has 1 rings (SSSR count). The number of nitrogens with one attached hydrogen (secondary N) is 1. The Morgan fingerprint density at radius 3 is 2.24 bits per heavy atom. The molecule has 5 heteroatoms. The van der Waals surface area contributed by atoms with Crippen molar-refractivity contribution in [1.29, 1.82) is 0 Å². The number of carboxylic acids is 1. The summed E-state index contributed by atoms with van der Waals surface area (Å²) in [6, 6.07) is 8.43. The van der Waals surface area contributed by atoms with Crippen molar-refractivity contribution in [3.63, 3.8) is 0 Å². The van der Waals surface area contributed by atoms with Crippen LogP contribution in [0.25, 0.3) is 0 Å². The molecule has 0 aromatic heterocycles. The predicted molar refractivity (Wildman–Crippen MR) is 64.9 cm³/mol. The highest BCUT2D eigenvalue weighted by Gasteiger charge is 2.35. The first-order chi connectivity index (χ1) is 7.85. The largest absolute Gasteiger partial charge is 0.480 e. The van der Waals surface area contributed by atoms with Crippen molar-refractivity contribution in [1.82, 2.24) is 4.90 Å². The van der Waals surface area contributed by atoms with E-state index < -0.39 is 17.5 Å². The summed E-state index contributed by atoms with van der Waals surface area (Å²) in [4.78, 5) is 24.0. The average molecular weight is 236 g/mol. The van der Waals surface area contributed by atoms with E-state index in [2.05, 4.69) is 5.32 Å². The molecule has 17 heavy (non-hydrogen) atoms. The Kier molecular flexibility index (Phi) is 3.73. The monoisotopic (exact) mass is 236 g/mol. The van der Waals surface area contributed by atoms with Crippen LogP contribution in [0.5, 0.6) is 0 Å². The van der Waals surface area contributed by atoms with Crippen LogP contribution in [0.4, 0.5) is 10.5 Å². The number of amides is 2. The van der Waals surface area contributed by atoms with E-state index in [0.29, 0.717) is 5.69 Å². The minimum atomic E-state index is -1.25. The van der Waals surface area contributed by atoms with E-state index in [1.54, 1.807) is 24.3 Å². The minimum absolute atomic E-state index is 0.455. The SMILES string of the molecule is CN(C(=O)Nc1ccccc1)C(C)(C)C(=O)O. The van der Waals surface area contributed by atoms with Crippen LogP contribution in [0.1, 0.15) is 13.8 Å². The molecule has 1 aromatic rings. The Morgan fingerprint density at radius 1 is 1.24 bits per heavy atom. The number of carbonyl (C=O) groups is 2. The Morgan fingerprint density at radius 2 is 1.76 bits per heavy atom. The number of hydrogen-bond acceptors (Lipinski definition) is 2. The third kappa shape index (κ3) is 2.96. The van der Waals surface area contributed by atoms with Gasteiger partial charge in [0.1, 0.15) is 5.54 Å². The second-order valence-electron chi connectivity index (χ2n) is 4.22. The summed E-state index contributed by atoms with van der Waals surface area (Å²) < 4.78 is 0. The number of benzene rings is 1. The standard InChI is InChI=1S/C12H16N2O3/c1-12(2,10(15)16)14(3)11(17)13-9-7-5-4-6-8-9/h4-8H,1-3H3,(H,13,17)(H,15,16). The number of carboxylic acid groups (broad SMARTS) is 1. The first kappa shape index (κ1) is 13.0. The lowest BCUT2D eigenvalue weighted by atomic mass is 10.1. The summed E-state index contributed by atoms with van der Waals surface area (Å²) in [6.07, 6.45) is 0. The first-order valence-electron chi connectivity index (χ1n) is 5.19. The van der Waals surface area contributed by atoms with E-state index in [0.717, 1.165) is 4.90 Å². The fraction of sp³-hybridized carbons (Fsp3) is 0.333. The quantitative estimate of drug-likeness (QED) is 0.843. The van der Waals surface area contributed by atoms with Crippen molar-refractivity contribution in [3.8, 4) is 0 Å². The topological polar surface area (TPSA) is 69.6 Å². The van der Waals surface area contributed by atoms with Crippen LogP contribution in [0, 0.1) is 0 Å². The maximum atomic E-state index is 11.8. The van der Waals surface area contributed by atoms with Gasteiger partial charge in [-0.25, -0.2) is 9.59 Å². The van der Waals surface area contributed by atoms with Gasteiger partial charge in [0.05, 0.1) is 0 Å². The molecule has 0 spiro atoms. The molecular weight excluding hydrogens is 220 g/mol. The highest BCUT2D eigenvalue weighted by atomic mass is 16.4. The summed E-state index contributed by atoms with van der Waals surface area (Å²) in [6.45, 7) is 2.94. The predicted octanol–water partition coefficient (Wildman–Crippen LogP) is 2.01. The molecule has 0 atom stereocenters. The van der Waals surface area contributed by atoms with Crippen LogP contribution in [0.2, 0.25) is 0 Å².